The number of aliphatic hydroxyl groups excluding tert-OH is 1. The highest BCUT2D eigenvalue weighted by Crippen LogP contribution is 2.24. The van der Waals surface area contributed by atoms with Crippen LogP contribution in [0.2, 0.25) is 5.02 Å². The van der Waals surface area contributed by atoms with Crippen molar-refractivity contribution in [1.82, 2.24) is 5.32 Å². The average molecular weight is 335 g/mol. The van der Waals surface area contributed by atoms with Gasteiger partial charge in [0.2, 0.25) is 0 Å². The third-order valence-corrected chi connectivity index (χ3v) is 3.64. The third-order valence-electron chi connectivity index (χ3n) is 3.40. The molecule has 0 heterocycles. The number of hydrogen-bond donors (Lipinski definition) is 3. The van der Waals surface area contributed by atoms with E-state index >= 15 is 0 Å². The number of urea groups is 1. The fourth-order valence-corrected chi connectivity index (χ4v) is 2.31. The minimum absolute atomic E-state index is 0.0613. The van der Waals surface area contributed by atoms with E-state index < -0.39 is 12.1 Å². The topological polar surface area (TPSA) is 70.6 Å². The Bertz CT molecular complexity index is 691. The number of carbonyl (C=O) groups is 1. The van der Waals surface area contributed by atoms with E-state index in [-0.39, 0.29) is 6.54 Å². The molecule has 1 atom stereocenters. The maximum atomic E-state index is 12.0. The zero-order valence-corrected chi connectivity index (χ0v) is 13.7. The van der Waals surface area contributed by atoms with Gasteiger partial charge < -0.3 is 20.5 Å². The van der Waals surface area contributed by atoms with Gasteiger partial charge in [-0.15, -0.1) is 0 Å². The Morgan fingerprint density at radius 1 is 1.30 bits per heavy atom. The summed E-state index contributed by atoms with van der Waals surface area (Å²) in [5.74, 6) is 0.577. The van der Waals surface area contributed by atoms with E-state index in [2.05, 4.69) is 10.6 Å². The van der Waals surface area contributed by atoms with Crippen LogP contribution in [0.3, 0.4) is 0 Å². The van der Waals surface area contributed by atoms with Crippen LogP contribution in [0.5, 0.6) is 5.75 Å². The highest BCUT2D eigenvalue weighted by atomic mass is 35.5. The van der Waals surface area contributed by atoms with Gasteiger partial charge in [-0.2, -0.15) is 0 Å². The number of aliphatic hydroxyl groups is 1. The van der Waals surface area contributed by atoms with Crippen molar-refractivity contribution in [3.8, 4) is 5.75 Å². The lowest BCUT2D eigenvalue weighted by atomic mass is 10.1. The molecular weight excluding hydrogens is 316 g/mol. The smallest absolute Gasteiger partial charge is 0.319 e. The van der Waals surface area contributed by atoms with Crippen LogP contribution in [0.15, 0.2) is 42.5 Å². The van der Waals surface area contributed by atoms with Gasteiger partial charge in [0.1, 0.15) is 5.75 Å². The summed E-state index contributed by atoms with van der Waals surface area (Å²) >= 11 is 5.92. The Balaban J connectivity index is 1.95. The largest absolute Gasteiger partial charge is 0.496 e. The minimum Gasteiger partial charge on any atom is -0.496 e. The molecular formula is C17H19ClN2O3. The number of aryl methyl sites for hydroxylation is 1. The van der Waals surface area contributed by atoms with Crippen molar-refractivity contribution in [2.45, 2.75) is 13.0 Å². The fourth-order valence-electron chi connectivity index (χ4n) is 2.14. The number of ether oxygens (including phenoxy) is 1. The molecule has 0 radical (unpaired) electrons. The fraction of sp³-hybridized carbons (Fsp3) is 0.235. The molecule has 0 aliphatic heterocycles. The first-order chi connectivity index (χ1) is 11.0. The zero-order chi connectivity index (χ0) is 16.8. The Hall–Kier alpha value is -2.24. The van der Waals surface area contributed by atoms with E-state index in [4.69, 9.17) is 16.3 Å². The van der Waals surface area contributed by atoms with Gasteiger partial charge >= 0.3 is 6.03 Å². The zero-order valence-electron chi connectivity index (χ0n) is 13.0. The number of carbonyl (C=O) groups excluding carboxylic acids is 1. The Kier molecular flexibility index (Phi) is 5.84. The number of para-hydroxylation sites is 1. The maximum absolute atomic E-state index is 12.0. The molecule has 0 saturated carbocycles. The molecule has 0 fully saturated rings. The van der Waals surface area contributed by atoms with Crippen LogP contribution in [0.4, 0.5) is 10.5 Å². The lowest BCUT2D eigenvalue weighted by Gasteiger charge is -2.16. The molecule has 0 saturated heterocycles. The normalized spacial score (nSPS) is 11.7. The monoisotopic (exact) mass is 334 g/mol. The van der Waals surface area contributed by atoms with Crippen LogP contribution in [-0.4, -0.2) is 24.8 Å². The lowest BCUT2D eigenvalue weighted by Crippen LogP contribution is -2.32. The molecule has 1 unspecified atom stereocenters. The quantitative estimate of drug-likeness (QED) is 0.783. The van der Waals surface area contributed by atoms with Crippen LogP contribution in [0.25, 0.3) is 0 Å². The summed E-state index contributed by atoms with van der Waals surface area (Å²) in [7, 11) is 1.54. The molecule has 23 heavy (non-hydrogen) atoms. The number of methoxy groups -OCH3 is 1. The second-order valence-electron chi connectivity index (χ2n) is 5.05. The number of anilines is 1. The van der Waals surface area contributed by atoms with Gasteiger partial charge in [0.05, 0.1) is 13.2 Å². The summed E-state index contributed by atoms with van der Waals surface area (Å²) in [5.41, 5.74) is 2.14. The van der Waals surface area contributed by atoms with Gasteiger partial charge in [0.15, 0.2) is 0 Å². The predicted molar refractivity (Wildman–Crippen MR) is 91.2 cm³/mol. The van der Waals surface area contributed by atoms with Crippen LogP contribution in [0.1, 0.15) is 17.2 Å². The van der Waals surface area contributed by atoms with Crippen molar-refractivity contribution in [1.29, 1.82) is 0 Å². The van der Waals surface area contributed by atoms with Crippen LogP contribution in [-0.2, 0) is 0 Å². The standard InChI is InChI=1S/C17H19ClN2O3/c1-11-7-8-12(18)9-14(11)20-17(22)19-10-15(21)13-5-3-4-6-16(13)23-2/h3-9,15,21H,10H2,1-2H3,(H2,19,20,22). The average Bonchev–Trinajstić information content (AvgIpc) is 2.56. The van der Waals surface area contributed by atoms with E-state index in [1.807, 2.05) is 19.1 Å². The van der Waals surface area contributed by atoms with Crippen molar-refractivity contribution in [3.05, 3.63) is 58.6 Å². The summed E-state index contributed by atoms with van der Waals surface area (Å²) in [5, 5.41) is 16.1. The SMILES string of the molecule is COc1ccccc1C(O)CNC(=O)Nc1cc(Cl)ccc1C. The first kappa shape index (κ1) is 17.1. The number of benzene rings is 2. The summed E-state index contributed by atoms with van der Waals surface area (Å²) in [6.45, 7) is 1.93. The second kappa shape index (κ2) is 7.85. The first-order valence-corrected chi connectivity index (χ1v) is 7.51. The number of rotatable bonds is 5. The van der Waals surface area contributed by atoms with Gasteiger partial charge in [-0.05, 0) is 30.7 Å². The van der Waals surface area contributed by atoms with Gasteiger partial charge in [-0.3, -0.25) is 0 Å². The van der Waals surface area contributed by atoms with Crippen molar-refractivity contribution in [2.24, 2.45) is 0 Å². The van der Waals surface area contributed by atoms with E-state index in [0.717, 1.165) is 5.56 Å². The molecule has 2 amide bonds. The number of hydrogen-bond acceptors (Lipinski definition) is 3. The molecule has 2 aromatic rings. The maximum Gasteiger partial charge on any atom is 0.319 e. The lowest BCUT2D eigenvalue weighted by molar-refractivity contribution is 0.171. The van der Waals surface area contributed by atoms with E-state index in [0.29, 0.717) is 22.0 Å². The number of nitrogens with one attached hydrogen (secondary N) is 2. The van der Waals surface area contributed by atoms with Gasteiger partial charge in [0, 0.05) is 22.8 Å². The molecule has 0 aliphatic carbocycles. The molecule has 2 rings (SSSR count). The van der Waals surface area contributed by atoms with Crippen LogP contribution in [0, 0.1) is 6.92 Å². The van der Waals surface area contributed by atoms with Crippen molar-refractivity contribution in [3.63, 3.8) is 0 Å². The number of amides is 2. The predicted octanol–water partition coefficient (Wildman–Crippen LogP) is 3.51. The van der Waals surface area contributed by atoms with E-state index in [1.165, 1.54) is 7.11 Å². The number of halogens is 1. The molecule has 122 valence electrons. The molecule has 2 aromatic carbocycles. The minimum atomic E-state index is -0.864. The summed E-state index contributed by atoms with van der Waals surface area (Å²) in [6, 6.07) is 12.0. The van der Waals surface area contributed by atoms with E-state index in [9.17, 15) is 9.90 Å². The third kappa shape index (κ3) is 4.61. The highest BCUT2D eigenvalue weighted by molar-refractivity contribution is 6.31. The second-order valence-corrected chi connectivity index (χ2v) is 5.49. The molecule has 0 spiro atoms. The van der Waals surface area contributed by atoms with Crippen LogP contribution >= 0.6 is 11.6 Å². The van der Waals surface area contributed by atoms with Gasteiger partial charge in [0.25, 0.3) is 0 Å². The summed E-state index contributed by atoms with van der Waals surface area (Å²) in [6.07, 6.45) is -0.864. The van der Waals surface area contributed by atoms with Crippen molar-refractivity contribution < 1.29 is 14.6 Å². The molecule has 3 N–H and O–H groups in total. The van der Waals surface area contributed by atoms with Crippen LogP contribution < -0.4 is 15.4 Å². The summed E-state index contributed by atoms with van der Waals surface area (Å²) < 4.78 is 5.19. The first-order valence-electron chi connectivity index (χ1n) is 7.13. The Labute approximate surface area is 140 Å². The Morgan fingerprint density at radius 3 is 2.78 bits per heavy atom. The van der Waals surface area contributed by atoms with Gasteiger partial charge in [-0.25, -0.2) is 4.79 Å². The molecule has 5 nitrogen and oxygen atoms in total. The molecule has 6 heteroatoms. The molecule has 0 aliphatic rings. The molecule has 0 bridgehead atoms. The highest BCUT2D eigenvalue weighted by Gasteiger charge is 2.14. The molecule has 0 aromatic heterocycles. The van der Waals surface area contributed by atoms with Crippen molar-refractivity contribution in [2.75, 3.05) is 19.0 Å². The van der Waals surface area contributed by atoms with Crippen molar-refractivity contribution >= 4 is 23.3 Å². The Morgan fingerprint density at radius 2 is 2.04 bits per heavy atom. The van der Waals surface area contributed by atoms with Gasteiger partial charge in [-0.1, -0.05) is 35.9 Å². The van der Waals surface area contributed by atoms with E-state index in [1.54, 1.807) is 30.3 Å². The summed E-state index contributed by atoms with van der Waals surface area (Å²) in [4.78, 5) is 12.0.